The molecule has 0 bridgehead atoms. The van der Waals surface area contributed by atoms with Gasteiger partial charge in [-0.2, -0.15) is 5.26 Å². The number of hydrogen-bond acceptors (Lipinski definition) is 3. The number of pyridine rings is 1. The highest BCUT2D eigenvalue weighted by atomic mass is 32.2. The molecule has 74 valence electrons. The fraction of sp³-hybridized carbons (Fsp3) is 0.400. The summed E-state index contributed by atoms with van der Waals surface area (Å²) < 4.78 is 11.6. The Kier molecular flexibility index (Phi) is 3.78. The van der Waals surface area contributed by atoms with Crippen LogP contribution in [-0.4, -0.2) is 14.4 Å². The van der Waals surface area contributed by atoms with Gasteiger partial charge < -0.3 is 0 Å². The van der Waals surface area contributed by atoms with Crippen molar-refractivity contribution >= 4 is 10.8 Å². The van der Waals surface area contributed by atoms with Crippen molar-refractivity contribution in [3.05, 3.63) is 29.6 Å². The van der Waals surface area contributed by atoms with E-state index in [0.717, 1.165) is 5.56 Å². The molecular formula is C10H12N2OS. The number of nitriles is 1. The Morgan fingerprint density at radius 2 is 2.36 bits per heavy atom. The summed E-state index contributed by atoms with van der Waals surface area (Å²) in [6.45, 7) is 3.80. The second-order valence-corrected chi connectivity index (χ2v) is 5.19. The zero-order chi connectivity index (χ0) is 10.6. The summed E-state index contributed by atoms with van der Waals surface area (Å²) in [4.78, 5) is 3.91. The van der Waals surface area contributed by atoms with Gasteiger partial charge in [-0.15, -0.1) is 0 Å². The summed E-state index contributed by atoms with van der Waals surface area (Å²) in [5, 5.41) is 8.87. The van der Waals surface area contributed by atoms with Crippen LogP contribution in [0.5, 0.6) is 0 Å². The molecule has 1 rings (SSSR count). The maximum Gasteiger partial charge on any atom is 0.144 e. The van der Waals surface area contributed by atoms with Crippen LogP contribution >= 0.6 is 0 Å². The fourth-order valence-corrected chi connectivity index (χ4v) is 1.85. The lowest BCUT2D eigenvalue weighted by atomic mass is 10.2. The topological polar surface area (TPSA) is 53.8 Å². The normalized spacial score (nSPS) is 12.4. The molecule has 0 saturated carbocycles. The van der Waals surface area contributed by atoms with Gasteiger partial charge in [-0.1, -0.05) is 19.9 Å². The van der Waals surface area contributed by atoms with Crippen LogP contribution < -0.4 is 0 Å². The van der Waals surface area contributed by atoms with E-state index in [9.17, 15) is 4.21 Å². The van der Waals surface area contributed by atoms with E-state index in [1.54, 1.807) is 18.3 Å². The first-order chi connectivity index (χ1) is 6.65. The molecule has 0 amide bonds. The Labute approximate surface area is 86.2 Å². The van der Waals surface area contributed by atoms with Crippen molar-refractivity contribution in [2.75, 3.05) is 0 Å². The highest BCUT2D eigenvalue weighted by Gasteiger charge is 2.09. The minimum Gasteiger partial charge on any atom is -0.259 e. The van der Waals surface area contributed by atoms with Gasteiger partial charge in [-0.05, 0) is 6.07 Å². The van der Waals surface area contributed by atoms with Crippen molar-refractivity contribution in [2.24, 2.45) is 0 Å². The predicted molar refractivity (Wildman–Crippen MR) is 55.9 cm³/mol. The molecule has 1 unspecified atom stereocenters. The van der Waals surface area contributed by atoms with Gasteiger partial charge in [0, 0.05) is 27.8 Å². The molecule has 0 aliphatic rings. The van der Waals surface area contributed by atoms with Crippen LogP contribution in [-0.2, 0) is 16.6 Å². The van der Waals surface area contributed by atoms with Gasteiger partial charge in [-0.3, -0.25) is 4.21 Å². The van der Waals surface area contributed by atoms with Crippen LogP contribution in [0.15, 0.2) is 18.3 Å². The first-order valence-corrected chi connectivity index (χ1v) is 5.74. The van der Waals surface area contributed by atoms with Gasteiger partial charge in [0.05, 0.1) is 5.75 Å². The molecule has 1 atom stereocenters. The smallest absolute Gasteiger partial charge is 0.144 e. The number of hydrogen-bond donors (Lipinski definition) is 0. The molecule has 3 nitrogen and oxygen atoms in total. The molecule has 0 spiro atoms. The lowest BCUT2D eigenvalue weighted by molar-refractivity contribution is 0.676. The van der Waals surface area contributed by atoms with E-state index in [4.69, 9.17) is 5.26 Å². The molecule has 0 saturated heterocycles. The van der Waals surface area contributed by atoms with Crippen LogP contribution in [0.25, 0.3) is 0 Å². The maximum absolute atomic E-state index is 11.6. The maximum atomic E-state index is 11.6. The number of rotatable bonds is 3. The molecule has 14 heavy (non-hydrogen) atoms. The van der Waals surface area contributed by atoms with Gasteiger partial charge in [0.25, 0.3) is 0 Å². The molecule has 0 fully saturated rings. The van der Waals surface area contributed by atoms with Gasteiger partial charge in [0.15, 0.2) is 0 Å². The molecule has 0 N–H and O–H groups in total. The average Bonchev–Trinajstić information content (AvgIpc) is 2.18. The first kappa shape index (κ1) is 10.9. The molecule has 1 heterocycles. The number of aromatic nitrogens is 1. The van der Waals surface area contributed by atoms with Crippen molar-refractivity contribution in [3.63, 3.8) is 0 Å². The van der Waals surface area contributed by atoms with Crippen molar-refractivity contribution < 1.29 is 4.21 Å². The summed E-state index contributed by atoms with van der Waals surface area (Å²) in [5.41, 5.74) is 1.14. The minimum atomic E-state index is -0.926. The molecule has 1 aromatic rings. The van der Waals surface area contributed by atoms with E-state index < -0.39 is 10.8 Å². The Morgan fingerprint density at radius 3 is 2.93 bits per heavy atom. The molecular weight excluding hydrogens is 196 g/mol. The minimum absolute atomic E-state index is 0.113. The molecule has 1 aromatic heterocycles. The Morgan fingerprint density at radius 1 is 1.64 bits per heavy atom. The van der Waals surface area contributed by atoms with Crippen LogP contribution in [0.3, 0.4) is 0 Å². The molecule has 4 heteroatoms. The van der Waals surface area contributed by atoms with E-state index >= 15 is 0 Å². The largest absolute Gasteiger partial charge is 0.259 e. The fourth-order valence-electron chi connectivity index (χ4n) is 0.976. The first-order valence-electron chi connectivity index (χ1n) is 4.36. The van der Waals surface area contributed by atoms with Crippen LogP contribution in [0.2, 0.25) is 0 Å². The van der Waals surface area contributed by atoms with Crippen molar-refractivity contribution in [1.29, 1.82) is 5.26 Å². The predicted octanol–water partition coefficient (Wildman–Crippen LogP) is 1.61. The van der Waals surface area contributed by atoms with Gasteiger partial charge in [0.2, 0.25) is 0 Å². The van der Waals surface area contributed by atoms with E-state index in [-0.39, 0.29) is 5.25 Å². The van der Waals surface area contributed by atoms with Gasteiger partial charge in [-0.25, -0.2) is 4.98 Å². The van der Waals surface area contributed by atoms with E-state index in [0.29, 0.717) is 11.4 Å². The second kappa shape index (κ2) is 4.87. The Hall–Kier alpha value is -1.21. The molecule has 0 aliphatic carbocycles. The van der Waals surface area contributed by atoms with E-state index in [1.807, 2.05) is 19.9 Å². The van der Waals surface area contributed by atoms with Crippen LogP contribution in [0.1, 0.15) is 25.1 Å². The zero-order valence-electron chi connectivity index (χ0n) is 8.23. The molecule has 0 aliphatic heterocycles. The number of nitrogens with zero attached hydrogens (tertiary/aromatic N) is 2. The van der Waals surface area contributed by atoms with Gasteiger partial charge in [0.1, 0.15) is 11.8 Å². The summed E-state index contributed by atoms with van der Waals surface area (Å²) in [7, 11) is -0.926. The third-order valence-corrected chi connectivity index (χ3v) is 3.47. The van der Waals surface area contributed by atoms with Crippen molar-refractivity contribution in [2.45, 2.75) is 24.9 Å². The summed E-state index contributed by atoms with van der Waals surface area (Å²) >= 11 is 0. The Balaban J connectivity index is 2.87. The van der Waals surface area contributed by atoms with Crippen molar-refractivity contribution in [3.8, 4) is 6.07 Å². The van der Waals surface area contributed by atoms with Crippen molar-refractivity contribution in [1.82, 2.24) is 4.98 Å². The Bertz CT molecular complexity index is 382. The summed E-state index contributed by atoms with van der Waals surface area (Å²) in [5.74, 6) is 0.411. The summed E-state index contributed by atoms with van der Waals surface area (Å²) in [6.07, 6.45) is 1.57. The lowest BCUT2D eigenvalue weighted by Crippen LogP contribution is -2.09. The third-order valence-electron chi connectivity index (χ3n) is 1.82. The lowest BCUT2D eigenvalue weighted by Gasteiger charge is -2.05. The average molecular weight is 208 g/mol. The zero-order valence-corrected chi connectivity index (χ0v) is 9.04. The summed E-state index contributed by atoms with van der Waals surface area (Å²) in [6, 6.07) is 5.55. The quantitative estimate of drug-likeness (QED) is 0.758. The van der Waals surface area contributed by atoms with Crippen LogP contribution in [0, 0.1) is 11.3 Å². The highest BCUT2D eigenvalue weighted by Crippen LogP contribution is 2.09. The van der Waals surface area contributed by atoms with E-state index in [2.05, 4.69) is 4.98 Å². The van der Waals surface area contributed by atoms with Crippen LogP contribution in [0.4, 0.5) is 0 Å². The second-order valence-electron chi connectivity index (χ2n) is 3.20. The monoisotopic (exact) mass is 208 g/mol. The standard InChI is InChI=1S/C10H12N2OS/c1-8(2)14(13)7-9-4-3-5-12-10(9)6-11/h3-5,8H,7H2,1-2H3. The van der Waals surface area contributed by atoms with E-state index in [1.165, 1.54) is 0 Å². The van der Waals surface area contributed by atoms with Gasteiger partial charge >= 0.3 is 0 Å². The SMILES string of the molecule is CC(C)S(=O)Cc1cccnc1C#N. The molecule has 0 aromatic carbocycles. The highest BCUT2D eigenvalue weighted by molar-refractivity contribution is 7.84. The third kappa shape index (κ3) is 2.64. The molecule has 0 radical (unpaired) electrons.